The smallest absolute Gasteiger partial charge is 0.223 e. The molecule has 1 aliphatic rings. The number of anilines is 1. The van der Waals surface area contributed by atoms with Gasteiger partial charge in [-0.1, -0.05) is 25.5 Å². The van der Waals surface area contributed by atoms with Gasteiger partial charge >= 0.3 is 0 Å². The molecule has 1 saturated heterocycles. The minimum atomic E-state index is 0.0374. The topological polar surface area (TPSA) is 72.3 Å². The standard InChI is InChI=1S/C25H33N5O2/c1-4-5-16-32-21-8-6-19(7-9-21)17-27-25(31)20-11-14-30(15-12-20)24-23-22(10-13-26-24)18(2)28-29(23)3/h6-10,13,20H,4-5,11-12,14-17H2,1-3H3,(H,27,31). The molecule has 3 heterocycles. The van der Waals surface area contributed by atoms with Crippen molar-refractivity contribution in [1.82, 2.24) is 20.1 Å². The third-order valence-electron chi connectivity index (χ3n) is 6.24. The van der Waals surface area contributed by atoms with E-state index in [0.29, 0.717) is 6.54 Å². The number of pyridine rings is 1. The van der Waals surface area contributed by atoms with Gasteiger partial charge in [0, 0.05) is 44.2 Å². The highest BCUT2D eigenvalue weighted by molar-refractivity contribution is 5.91. The van der Waals surface area contributed by atoms with Crippen LogP contribution in [0.2, 0.25) is 0 Å². The number of benzene rings is 1. The number of ether oxygens (including phenoxy) is 1. The van der Waals surface area contributed by atoms with Gasteiger partial charge in [0.15, 0.2) is 5.82 Å². The van der Waals surface area contributed by atoms with E-state index in [1.54, 1.807) is 0 Å². The molecule has 1 N–H and O–H groups in total. The number of hydrogen-bond donors (Lipinski definition) is 1. The fourth-order valence-corrected chi connectivity index (χ4v) is 4.34. The summed E-state index contributed by atoms with van der Waals surface area (Å²) in [6.45, 7) is 7.10. The SMILES string of the molecule is CCCCOc1ccc(CNC(=O)C2CCN(c3nccc4c(C)nn(C)c34)CC2)cc1. The first-order chi connectivity index (χ1) is 15.6. The average Bonchev–Trinajstić information content (AvgIpc) is 3.12. The van der Waals surface area contributed by atoms with Crippen LogP contribution in [0.25, 0.3) is 10.9 Å². The minimum Gasteiger partial charge on any atom is -0.494 e. The highest BCUT2D eigenvalue weighted by Crippen LogP contribution is 2.29. The van der Waals surface area contributed by atoms with Crippen molar-refractivity contribution in [3.63, 3.8) is 0 Å². The van der Waals surface area contributed by atoms with Crippen molar-refractivity contribution in [3.8, 4) is 5.75 Å². The van der Waals surface area contributed by atoms with Crippen LogP contribution in [-0.4, -0.2) is 40.4 Å². The van der Waals surface area contributed by atoms with E-state index in [-0.39, 0.29) is 11.8 Å². The molecule has 0 atom stereocenters. The van der Waals surface area contributed by atoms with Gasteiger partial charge in [-0.15, -0.1) is 0 Å². The number of fused-ring (bicyclic) bond motifs is 1. The summed E-state index contributed by atoms with van der Waals surface area (Å²) in [5.41, 5.74) is 3.16. The Morgan fingerprint density at radius 2 is 1.94 bits per heavy atom. The number of rotatable bonds is 8. The van der Waals surface area contributed by atoms with Crippen molar-refractivity contribution in [2.75, 3.05) is 24.6 Å². The summed E-state index contributed by atoms with van der Waals surface area (Å²) >= 11 is 0. The Morgan fingerprint density at radius 3 is 2.66 bits per heavy atom. The summed E-state index contributed by atoms with van der Waals surface area (Å²) in [5, 5.41) is 8.79. The number of amides is 1. The maximum Gasteiger partial charge on any atom is 0.223 e. The first kappa shape index (κ1) is 22.1. The largest absolute Gasteiger partial charge is 0.494 e. The molecule has 1 fully saturated rings. The van der Waals surface area contributed by atoms with Crippen molar-refractivity contribution in [1.29, 1.82) is 0 Å². The van der Waals surface area contributed by atoms with E-state index in [1.807, 2.05) is 55.2 Å². The molecule has 7 nitrogen and oxygen atoms in total. The van der Waals surface area contributed by atoms with Crippen LogP contribution in [0.15, 0.2) is 36.5 Å². The maximum absolute atomic E-state index is 12.7. The molecule has 2 aromatic heterocycles. The molecule has 1 amide bonds. The molecule has 0 unspecified atom stereocenters. The molecule has 1 aliphatic heterocycles. The molecular formula is C25H33N5O2. The highest BCUT2D eigenvalue weighted by atomic mass is 16.5. The molecule has 0 radical (unpaired) electrons. The van der Waals surface area contributed by atoms with Crippen LogP contribution in [0.5, 0.6) is 5.75 Å². The number of nitrogens with one attached hydrogen (secondary N) is 1. The zero-order chi connectivity index (χ0) is 22.5. The minimum absolute atomic E-state index is 0.0374. The summed E-state index contributed by atoms with van der Waals surface area (Å²) in [6.07, 6.45) is 5.68. The fraction of sp³-hybridized carbons (Fsp3) is 0.480. The second kappa shape index (κ2) is 10.0. The molecule has 3 aromatic rings. The molecular weight excluding hydrogens is 402 g/mol. The zero-order valence-electron chi connectivity index (χ0n) is 19.3. The number of aromatic nitrogens is 3. The quantitative estimate of drug-likeness (QED) is 0.542. The van der Waals surface area contributed by atoms with E-state index in [9.17, 15) is 4.79 Å². The van der Waals surface area contributed by atoms with Gasteiger partial charge in [-0.3, -0.25) is 9.48 Å². The van der Waals surface area contributed by atoms with Crippen molar-refractivity contribution in [2.45, 2.75) is 46.1 Å². The van der Waals surface area contributed by atoms with Crippen LogP contribution in [0, 0.1) is 12.8 Å². The van der Waals surface area contributed by atoms with Crippen LogP contribution in [0.1, 0.15) is 43.9 Å². The van der Waals surface area contributed by atoms with E-state index in [2.05, 4.69) is 27.2 Å². The maximum atomic E-state index is 12.7. The van der Waals surface area contributed by atoms with E-state index >= 15 is 0 Å². The predicted octanol–water partition coefficient (Wildman–Crippen LogP) is 3.99. The Bertz CT molecular complexity index is 1050. The van der Waals surface area contributed by atoms with E-state index in [4.69, 9.17) is 4.74 Å². The predicted molar refractivity (Wildman–Crippen MR) is 127 cm³/mol. The lowest BCUT2D eigenvalue weighted by atomic mass is 9.95. The highest BCUT2D eigenvalue weighted by Gasteiger charge is 2.27. The third kappa shape index (κ3) is 4.87. The summed E-state index contributed by atoms with van der Waals surface area (Å²) < 4.78 is 7.61. The van der Waals surface area contributed by atoms with Gasteiger partial charge in [-0.2, -0.15) is 5.10 Å². The van der Waals surface area contributed by atoms with Crippen molar-refractivity contribution in [2.24, 2.45) is 13.0 Å². The zero-order valence-corrected chi connectivity index (χ0v) is 19.3. The van der Waals surface area contributed by atoms with Crippen LogP contribution >= 0.6 is 0 Å². The monoisotopic (exact) mass is 435 g/mol. The first-order valence-electron chi connectivity index (χ1n) is 11.6. The van der Waals surface area contributed by atoms with Gasteiger partial charge in [0.1, 0.15) is 11.3 Å². The number of nitrogens with zero attached hydrogens (tertiary/aromatic N) is 4. The number of unbranched alkanes of at least 4 members (excludes halogenated alkanes) is 1. The molecule has 170 valence electrons. The second-order valence-corrected chi connectivity index (χ2v) is 8.56. The van der Waals surface area contributed by atoms with Gasteiger partial charge in [0.2, 0.25) is 5.91 Å². The molecule has 4 rings (SSSR count). The van der Waals surface area contributed by atoms with Crippen LogP contribution in [-0.2, 0) is 18.4 Å². The fourth-order valence-electron chi connectivity index (χ4n) is 4.34. The van der Waals surface area contributed by atoms with Gasteiger partial charge in [-0.25, -0.2) is 4.98 Å². The molecule has 32 heavy (non-hydrogen) atoms. The van der Waals surface area contributed by atoms with Gasteiger partial charge in [-0.05, 0) is 49.9 Å². The van der Waals surface area contributed by atoms with Gasteiger partial charge in [0.05, 0.1) is 12.3 Å². The van der Waals surface area contributed by atoms with Gasteiger partial charge in [0.25, 0.3) is 0 Å². The third-order valence-corrected chi connectivity index (χ3v) is 6.24. The molecule has 7 heteroatoms. The number of hydrogen-bond acceptors (Lipinski definition) is 5. The Kier molecular flexibility index (Phi) is 6.93. The van der Waals surface area contributed by atoms with E-state index < -0.39 is 0 Å². The van der Waals surface area contributed by atoms with Crippen molar-refractivity contribution >= 4 is 22.6 Å². The molecule has 0 saturated carbocycles. The van der Waals surface area contributed by atoms with Gasteiger partial charge < -0.3 is 15.0 Å². The molecule has 0 aliphatic carbocycles. The summed E-state index contributed by atoms with van der Waals surface area (Å²) in [5.74, 6) is 2.02. The number of carbonyl (C=O) groups is 1. The lowest BCUT2D eigenvalue weighted by Crippen LogP contribution is -2.40. The Balaban J connectivity index is 1.29. The first-order valence-corrected chi connectivity index (χ1v) is 11.6. The van der Waals surface area contributed by atoms with Crippen molar-refractivity contribution < 1.29 is 9.53 Å². The van der Waals surface area contributed by atoms with E-state index in [0.717, 1.165) is 79.1 Å². The second-order valence-electron chi connectivity index (χ2n) is 8.56. The number of piperidine rings is 1. The Hall–Kier alpha value is -3.09. The lowest BCUT2D eigenvalue weighted by Gasteiger charge is -2.32. The molecule has 1 aromatic carbocycles. The Morgan fingerprint density at radius 1 is 1.19 bits per heavy atom. The summed E-state index contributed by atoms with van der Waals surface area (Å²) in [4.78, 5) is 19.7. The van der Waals surface area contributed by atoms with Crippen LogP contribution in [0.3, 0.4) is 0 Å². The molecule has 0 spiro atoms. The molecule has 0 bridgehead atoms. The van der Waals surface area contributed by atoms with Crippen molar-refractivity contribution in [3.05, 3.63) is 47.8 Å². The summed E-state index contributed by atoms with van der Waals surface area (Å²) in [6, 6.07) is 10.0. The van der Waals surface area contributed by atoms with Crippen LogP contribution < -0.4 is 15.0 Å². The Labute approximate surface area is 189 Å². The lowest BCUT2D eigenvalue weighted by molar-refractivity contribution is -0.125. The normalized spacial score (nSPS) is 14.7. The average molecular weight is 436 g/mol. The van der Waals surface area contributed by atoms with Crippen LogP contribution in [0.4, 0.5) is 5.82 Å². The number of carbonyl (C=O) groups excluding carboxylic acids is 1. The number of aryl methyl sites for hydroxylation is 2. The summed E-state index contributed by atoms with van der Waals surface area (Å²) in [7, 11) is 1.96. The van der Waals surface area contributed by atoms with E-state index in [1.165, 1.54) is 0 Å².